The Bertz CT molecular complexity index is 270. The molecular formula is C5H3FLiNO2S. The SMILES string of the molecule is O=S([O-])c1cc(F)ccn1.[Li+]. The van der Waals surface area contributed by atoms with Crippen molar-refractivity contribution in [3.05, 3.63) is 24.1 Å². The van der Waals surface area contributed by atoms with Gasteiger partial charge in [0.05, 0.1) is 0 Å². The van der Waals surface area contributed by atoms with Crippen LogP contribution in [0.2, 0.25) is 0 Å². The Morgan fingerprint density at radius 2 is 2.27 bits per heavy atom. The molecule has 1 aromatic rings. The predicted molar refractivity (Wildman–Crippen MR) is 31.4 cm³/mol. The molecule has 0 aliphatic heterocycles. The maximum Gasteiger partial charge on any atom is 1.00 e. The van der Waals surface area contributed by atoms with Crippen molar-refractivity contribution in [1.82, 2.24) is 4.98 Å². The van der Waals surface area contributed by atoms with E-state index in [0.29, 0.717) is 0 Å². The van der Waals surface area contributed by atoms with Crippen molar-refractivity contribution in [2.45, 2.75) is 5.03 Å². The van der Waals surface area contributed by atoms with E-state index < -0.39 is 16.9 Å². The fourth-order valence-corrected chi connectivity index (χ4v) is 0.832. The summed E-state index contributed by atoms with van der Waals surface area (Å²) in [6, 6.07) is 1.93. The molecule has 0 aromatic carbocycles. The van der Waals surface area contributed by atoms with E-state index in [4.69, 9.17) is 0 Å². The first-order valence-corrected chi connectivity index (χ1v) is 3.48. The van der Waals surface area contributed by atoms with Gasteiger partial charge in [-0.3, -0.25) is 4.21 Å². The number of aromatic nitrogens is 1. The summed E-state index contributed by atoms with van der Waals surface area (Å²) in [7, 11) is 0. The smallest absolute Gasteiger partial charge is 0.767 e. The first-order valence-electron chi connectivity index (χ1n) is 2.41. The summed E-state index contributed by atoms with van der Waals surface area (Å²) in [5, 5.41) is -0.278. The van der Waals surface area contributed by atoms with Crippen molar-refractivity contribution in [1.29, 1.82) is 0 Å². The van der Waals surface area contributed by atoms with Crippen LogP contribution in [0.3, 0.4) is 0 Å². The zero-order chi connectivity index (χ0) is 7.56. The molecule has 0 radical (unpaired) electrons. The van der Waals surface area contributed by atoms with Crippen molar-refractivity contribution in [2.75, 3.05) is 0 Å². The second-order valence-electron chi connectivity index (χ2n) is 1.55. The molecule has 3 nitrogen and oxygen atoms in total. The number of hydrogen-bond acceptors (Lipinski definition) is 3. The van der Waals surface area contributed by atoms with E-state index in [1.165, 1.54) is 0 Å². The van der Waals surface area contributed by atoms with Gasteiger partial charge in [0.1, 0.15) is 10.8 Å². The van der Waals surface area contributed by atoms with Crippen molar-refractivity contribution in [3.63, 3.8) is 0 Å². The molecule has 1 heterocycles. The van der Waals surface area contributed by atoms with E-state index in [-0.39, 0.29) is 23.9 Å². The van der Waals surface area contributed by atoms with Crippen LogP contribution < -0.4 is 18.9 Å². The quantitative estimate of drug-likeness (QED) is 0.342. The van der Waals surface area contributed by atoms with Crippen LogP contribution in [-0.2, 0) is 11.1 Å². The van der Waals surface area contributed by atoms with Crippen LogP contribution in [0.15, 0.2) is 23.4 Å². The summed E-state index contributed by atoms with van der Waals surface area (Å²) >= 11 is -2.44. The average Bonchev–Trinajstić information content (AvgIpc) is 1.88. The summed E-state index contributed by atoms with van der Waals surface area (Å²) in [6.45, 7) is 0. The Hall–Kier alpha value is -0.213. The third kappa shape index (κ3) is 3.12. The van der Waals surface area contributed by atoms with Gasteiger partial charge >= 0.3 is 18.9 Å². The van der Waals surface area contributed by atoms with Gasteiger partial charge in [0.25, 0.3) is 0 Å². The van der Waals surface area contributed by atoms with Crippen molar-refractivity contribution < 1.29 is 32.0 Å². The number of nitrogens with zero attached hydrogens (tertiary/aromatic N) is 1. The van der Waals surface area contributed by atoms with Gasteiger partial charge in [0.2, 0.25) is 0 Å². The van der Waals surface area contributed by atoms with Crippen molar-refractivity contribution >= 4 is 11.1 Å². The molecule has 0 N–H and O–H groups in total. The third-order valence-electron chi connectivity index (χ3n) is 0.868. The molecule has 1 rings (SSSR count). The summed E-state index contributed by atoms with van der Waals surface area (Å²) in [4.78, 5) is 3.39. The Balaban J connectivity index is 0.000001000. The topological polar surface area (TPSA) is 53.0 Å². The molecule has 1 atom stereocenters. The molecule has 54 valence electrons. The van der Waals surface area contributed by atoms with Gasteiger partial charge < -0.3 is 4.55 Å². The predicted octanol–water partition coefficient (Wildman–Crippen LogP) is -2.54. The summed E-state index contributed by atoms with van der Waals surface area (Å²) < 4.78 is 32.5. The van der Waals surface area contributed by atoms with Gasteiger partial charge in [-0.05, 0) is 17.1 Å². The molecule has 6 heteroatoms. The van der Waals surface area contributed by atoms with Crippen molar-refractivity contribution in [2.24, 2.45) is 0 Å². The molecule has 0 aliphatic carbocycles. The number of pyridine rings is 1. The minimum absolute atomic E-state index is 0. The zero-order valence-corrected chi connectivity index (χ0v) is 6.60. The van der Waals surface area contributed by atoms with Crippen LogP contribution >= 0.6 is 0 Å². The van der Waals surface area contributed by atoms with Crippen LogP contribution in [0.4, 0.5) is 4.39 Å². The maximum absolute atomic E-state index is 12.2. The van der Waals surface area contributed by atoms with E-state index in [2.05, 4.69) is 4.98 Å². The largest absolute Gasteiger partial charge is 1.00 e. The van der Waals surface area contributed by atoms with E-state index in [1.807, 2.05) is 0 Å². The summed E-state index contributed by atoms with van der Waals surface area (Å²) in [5.74, 6) is -0.603. The van der Waals surface area contributed by atoms with Gasteiger partial charge in [0.15, 0.2) is 0 Å². The van der Waals surface area contributed by atoms with Gasteiger partial charge in [-0.2, -0.15) is 0 Å². The second-order valence-corrected chi connectivity index (χ2v) is 2.43. The van der Waals surface area contributed by atoms with Crippen LogP contribution in [-0.4, -0.2) is 13.7 Å². The van der Waals surface area contributed by atoms with E-state index in [1.54, 1.807) is 0 Å². The molecule has 0 fully saturated rings. The van der Waals surface area contributed by atoms with Gasteiger partial charge in [-0.1, -0.05) is 0 Å². The Morgan fingerprint density at radius 3 is 2.64 bits per heavy atom. The molecule has 11 heavy (non-hydrogen) atoms. The Kier molecular flexibility index (Phi) is 4.53. The van der Waals surface area contributed by atoms with Crippen LogP contribution in [0.1, 0.15) is 0 Å². The average molecular weight is 167 g/mol. The van der Waals surface area contributed by atoms with Gasteiger partial charge in [-0.25, -0.2) is 9.37 Å². The van der Waals surface area contributed by atoms with Crippen LogP contribution in [0, 0.1) is 5.82 Å². The fourth-order valence-electron chi connectivity index (χ4n) is 0.476. The zero-order valence-electron chi connectivity index (χ0n) is 5.78. The number of hydrogen-bond donors (Lipinski definition) is 0. The van der Waals surface area contributed by atoms with Crippen molar-refractivity contribution in [3.8, 4) is 0 Å². The second kappa shape index (κ2) is 4.62. The molecule has 1 aromatic heterocycles. The molecular weight excluding hydrogens is 164 g/mol. The molecule has 0 spiro atoms. The number of halogens is 1. The summed E-state index contributed by atoms with van der Waals surface area (Å²) in [5.41, 5.74) is 0. The van der Waals surface area contributed by atoms with E-state index in [0.717, 1.165) is 18.3 Å². The van der Waals surface area contributed by atoms with E-state index >= 15 is 0 Å². The number of rotatable bonds is 1. The Morgan fingerprint density at radius 1 is 1.64 bits per heavy atom. The first kappa shape index (κ1) is 10.8. The first-order chi connectivity index (χ1) is 4.70. The molecule has 0 saturated carbocycles. The normalized spacial score (nSPS) is 11.8. The molecule has 1 unspecified atom stereocenters. The van der Waals surface area contributed by atoms with Crippen LogP contribution in [0.25, 0.3) is 0 Å². The maximum atomic E-state index is 12.2. The fraction of sp³-hybridized carbons (Fsp3) is 0. The molecule has 0 saturated heterocycles. The minimum Gasteiger partial charge on any atom is -0.767 e. The summed E-state index contributed by atoms with van der Waals surface area (Å²) in [6.07, 6.45) is 1.10. The molecule has 0 amide bonds. The van der Waals surface area contributed by atoms with Gasteiger partial charge in [0, 0.05) is 12.3 Å². The minimum atomic E-state index is -2.44. The molecule has 0 aliphatic rings. The van der Waals surface area contributed by atoms with Crippen LogP contribution in [0.5, 0.6) is 0 Å². The molecule has 0 bridgehead atoms. The van der Waals surface area contributed by atoms with E-state index in [9.17, 15) is 13.2 Å². The van der Waals surface area contributed by atoms with Gasteiger partial charge in [-0.15, -0.1) is 0 Å². The monoisotopic (exact) mass is 167 g/mol. The third-order valence-corrected chi connectivity index (χ3v) is 1.43. The Labute approximate surface area is 77.5 Å². The standard InChI is InChI=1S/C5H4FNO2S.Li/c6-4-1-2-7-5(3-4)10(8)9;/h1-3H,(H,8,9);/q;+1/p-1.